The molecule has 1 amide bonds. The van der Waals surface area contributed by atoms with E-state index in [-0.39, 0.29) is 12.3 Å². The highest BCUT2D eigenvalue weighted by Gasteiger charge is 2.05. The highest BCUT2D eigenvalue weighted by atomic mass is 16.6. The van der Waals surface area contributed by atoms with Crippen molar-refractivity contribution < 1.29 is 14.5 Å². The highest BCUT2D eigenvalue weighted by Crippen LogP contribution is 2.20. The zero-order valence-electron chi connectivity index (χ0n) is 13.4. The van der Waals surface area contributed by atoms with Gasteiger partial charge in [0.05, 0.1) is 11.1 Å². The number of hydrazone groups is 1. The molecule has 0 aliphatic carbocycles. The van der Waals surface area contributed by atoms with Crippen LogP contribution in [-0.4, -0.2) is 23.7 Å². The largest absolute Gasteiger partial charge is 0.483 e. The first-order valence-electron chi connectivity index (χ1n) is 7.23. The molecule has 2 aromatic rings. The predicted molar refractivity (Wildman–Crippen MR) is 90.2 cm³/mol. The lowest BCUT2D eigenvalue weighted by Gasteiger charge is -2.09. The van der Waals surface area contributed by atoms with Gasteiger partial charge >= 0.3 is 0 Å². The Balaban J connectivity index is 1.84. The summed E-state index contributed by atoms with van der Waals surface area (Å²) in [6, 6.07) is 11.5. The molecule has 0 saturated heterocycles. The van der Waals surface area contributed by atoms with Crippen molar-refractivity contribution in [1.29, 1.82) is 0 Å². The number of hydrogen-bond donors (Lipinski definition) is 1. The smallest absolute Gasteiger partial charge is 0.277 e. The fraction of sp³-hybridized carbons (Fsp3) is 0.176. The molecule has 0 aromatic heterocycles. The average molecular weight is 327 g/mol. The molecular weight excluding hydrogens is 310 g/mol. The van der Waals surface area contributed by atoms with Crippen molar-refractivity contribution in [3.63, 3.8) is 0 Å². The fourth-order valence-electron chi connectivity index (χ4n) is 1.92. The maximum atomic E-state index is 11.7. The van der Waals surface area contributed by atoms with Gasteiger partial charge in [-0.2, -0.15) is 5.10 Å². The molecule has 0 bridgehead atoms. The van der Waals surface area contributed by atoms with Gasteiger partial charge in [-0.25, -0.2) is 5.43 Å². The normalized spacial score (nSPS) is 10.6. The van der Waals surface area contributed by atoms with Crippen LogP contribution in [0.4, 0.5) is 5.69 Å². The van der Waals surface area contributed by atoms with Gasteiger partial charge in [-0.15, -0.1) is 0 Å². The quantitative estimate of drug-likeness (QED) is 0.501. The number of nitro benzene ring substituents is 1. The number of carbonyl (C=O) groups is 1. The Morgan fingerprint density at radius 2 is 1.96 bits per heavy atom. The lowest BCUT2D eigenvalue weighted by atomic mass is 10.1. The van der Waals surface area contributed by atoms with Crippen LogP contribution in [0.25, 0.3) is 0 Å². The second-order valence-corrected chi connectivity index (χ2v) is 5.13. The van der Waals surface area contributed by atoms with E-state index in [2.05, 4.69) is 10.5 Å². The maximum absolute atomic E-state index is 11.7. The molecule has 2 aromatic carbocycles. The van der Waals surface area contributed by atoms with Gasteiger partial charge in [-0.3, -0.25) is 14.9 Å². The summed E-state index contributed by atoms with van der Waals surface area (Å²) in [5.74, 6) is 0.263. The number of nitrogens with zero attached hydrogens (tertiary/aromatic N) is 2. The Bertz CT molecular complexity index is 770. The minimum Gasteiger partial charge on any atom is -0.483 e. The Morgan fingerprint density at radius 1 is 1.25 bits per heavy atom. The van der Waals surface area contributed by atoms with Crippen molar-refractivity contribution in [3.05, 3.63) is 69.3 Å². The van der Waals surface area contributed by atoms with Crippen LogP contribution < -0.4 is 10.2 Å². The number of amides is 1. The van der Waals surface area contributed by atoms with Gasteiger partial charge in [-0.1, -0.05) is 12.1 Å². The zero-order chi connectivity index (χ0) is 17.5. The van der Waals surface area contributed by atoms with Crippen LogP contribution >= 0.6 is 0 Å². The average Bonchev–Trinajstić information content (AvgIpc) is 2.56. The van der Waals surface area contributed by atoms with Crippen LogP contribution in [0.15, 0.2) is 47.6 Å². The molecule has 1 N–H and O–H groups in total. The van der Waals surface area contributed by atoms with Crippen LogP contribution in [0.3, 0.4) is 0 Å². The fourth-order valence-corrected chi connectivity index (χ4v) is 1.92. The lowest BCUT2D eigenvalue weighted by molar-refractivity contribution is -0.384. The van der Waals surface area contributed by atoms with E-state index >= 15 is 0 Å². The number of rotatable bonds is 6. The third kappa shape index (κ3) is 4.64. The Labute approximate surface area is 139 Å². The molecule has 7 heteroatoms. The molecule has 0 atom stereocenters. The van der Waals surface area contributed by atoms with Crippen molar-refractivity contribution in [1.82, 2.24) is 5.43 Å². The van der Waals surface area contributed by atoms with E-state index in [1.54, 1.807) is 18.2 Å². The summed E-state index contributed by atoms with van der Waals surface area (Å²) < 4.78 is 5.46. The van der Waals surface area contributed by atoms with Crippen molar-refractivity contribution in [2.24, 2.45) is 5.10 Å². The molecule has 0 spiro atoms. The van der Waals surface area contributed by atoms with E-state index in [4.69, 9.17) is 4.74 Å². The van der Waals surface area contributed by atoms with E-state index in [0.29, 0.717) is 11.3 Å². The SMILES string of the molecule is Cc1cccc(OCC(=O)NN=Cc2ccc([N+](=O)[O-])cc2)c1C. The summed E-state index contributed by atoms with van der Waals surface area (Å²) in [7, 11) is 0. The molecule has 7 nitrogen and oxygen atoms in total. The first kappa shape index (κ1) is 17.1. The molecule has 0 unspecified atom stereocenters. The third-order valence-corrected chi connectivity index (χ3v) is 3.42. The molecule has 0 aliphatic rings. The molecular formula is C17H17N3O4. The maximum Gasteiger partial charge on any atom is 0.277 e. The third-order valence-electron chi connectivity index (χ3n) is 3.42. The number of nitro groups is 1. The molecule has 0 saturated carbocycles. The molecule has 24 heavy (non-hydrogen) atoms. The van der Waals surface area contributed by atoms with Crippen molar-refractivity contribution in [2.75, 3.05) is 6.61 Å². The number of hydrogen-bond acceptors (Lipinski definition) is 5. The van der Waals surface area contributed by atoms with Crippen LogP contribution in [-0.2, 0) is 4.79 Å². The van der Waals surface area contributed by atoms with Gasteiger partial charge in [0.25, 0.3) is 11.6 Å². The van der Waals surface area contributed by atoms with Gasteiger partial charge in [-0.05, 0) is 48.7 Å². The molecule has 124 valence electrons. The van der Waals surface area contributed by atoms with Crippen molar-refractivity contribution in [2.45, 2.75) is 13.8 Å². The summed E-state index contributed by atoms with van der Waals surface area (Å²) >= 11 is 0. The Kier molecular flexibility index (Phi) is 5.62. The topological polar surface area (TPSA) is 93.8 Å². The highest BCUT2D eigenvalue weighted by molar-refractivity contribution is 5.83. The standard InChI is InChI=1S/C17H17N3O4/c1-12-4-3-5-16(13(12)2)24-11-17(21)19-18-10-14-6-8-15(9-7-14)20(22)23/h3-10H,11H2,1-2H3,(H,19,21). The lowest BCUT2D eigenvalue weighted by Crippen LogP contribution is -2.24. The first-order valence-corrected chi connectivity index (χ1v) is 7.23. The summed E-state index contributed by atoms with van der Waals surface area (Å²) in [6.07, 6.45) is 1.40. The van der Waals surface area contributed by atoms with E-state index in [1.165, 1.54) is 18.3 Å². The van der Waals surface area contributed by atoms with Crippen LogP contribution in [0, 0.1) is 24.0 Å². The molecule has 2 rings (SSSR count). The van der Waals surface area contributed by atoms with Crippen LogP contribution in [0.1, 0.15) is 16.7 Å². The Morgan fingerprint density at radius 3 is 2.62 bits per heavy atom. The molecule has 0 fully saturated rings. The van der Waals surface area contributed by atoms with Gasteiger partial charge in [0.1, 0.15) is 5.75 Å². The second-order valence-electron chi connectivity index (χ2n) is 5.13. The van der Waals surface area contributed by atoms with Crippen LogP contribution in [0.2, 0.25) is 0 Å². The predicted octanol–water partition coefficient (Wildman–Crippen LogP) is 2.74. The number of non-ortho nitro benzene ring substituents is 1. The summed E-state index contributed by atoms with van der Waals surface area (Å²) in [5, 5.41) is 14.3. The monoisotopic (exact) mass is 327 g/mol. The minimum atomic E-state index is -0.479. The minimum absolute atomic E-state index is 0.00175. The van der Waals surface area contributed by atoms with Crippen molar-refractivity contribution in [3.8, 4) is 5.75 Å². The summed E-state index contributed by atoms with van der Waals surface area (Å²) in [5.41, 5.74) is 5.05. The number of ether oxygens (including phenoxy) is 1. The first-order chi connectivity index (χ1) is 11.5. The van der Waals surface area contributed by atoms with Crippen LogP contribution in [0.5, 0.6) is 5.75 Å². The molecule has 0 heterocycles. The summed E-state index contributed by atoms with van der Waals surface area (Å²) in [4.78, 5) is 21.8. The molecule has 0 aliphatic heterocycles. The number of carbonyl (C=O) groups excluding carboxylic acids is 1. The van der Waals surface area contributed by atoms with E-state index in [1.807, 2.05) is 26.0 Å². The van der Waals surface area contributed by atoms with Gasteiger partial charge in [0, 0.05) is 12.1 Å². The second kappa shape index (κ2) is 7.87. The number of benzene rings is 2. The van der Waals surface area contributed by atoms with E-state index in [9.17, 15) is 14.9 Å². The number of aryl methyl sites for hydroxylation is 1. The summed E-state index contributed by atoms with van der Waals surface area (Å²) in [6.45, 7) is 3.74. The Hall–Kier alpha value is -3.22. The van der Waals surface area contributed by atoms with E-state index < -0.39 is 10.8 Å². The van der Waals surface area contributed by atoms with Gasteiger partial charge < -0.3 is 4.74 Å². The van der Waals surface area contributed by atoms with Gasteiger partial charge in [0.15, 0.2) is 6.61 Å². The molecule has 0 radical (unpaired) electrons. The number of nitrogens with one attached hydrogen (secondary N) is 1. The van der Waals surface area contributed by atoms with Crippen molar-refractivity contribution >= 4 is 17.8 Å². The van der Waals surface area contributed by atoms with E-state index in [0.717, 1.165) is 11.1 Å². The zero-order valence-corrected chi connectivity index (χ0v) is 13.4. The van der Waals surface area contributed by atoms with Gasteiger partial charge in [0.2, 0.25) is 0 Å².